The summed E-state index contributed by atoms with van der Waals surface area (Å²) in [4.78, 5) is 26.9. The third-order valence-electron chi connectivity index (χ3n) is 3.81. The minimum absolute atomic E-state index is 0.0819. The van der Waals surface area contributed by atoms with Crippen molar-refractivity contribution in [2.24, 2.45) is 0 Å². The topological polar surface area (TPSA) is 96.1 Å². The summed E-state index contributed by atoms with van der Waals surface area (Å²) in [5, 5.41) is 3.56. The molecule has 2 aromatic carbocycles. The van der Waals surface area contributed by atoms with Gasteiger partial charge in [0, 0.05) is 23.1 Å². The second kappa shape index (κ2) is 6.18. The van der Waals surface area contributed by atoms with Gasteiger partial charge in [0.15, 0.2) is 9.84 Å². The second-order valence-electron chi connectivity index (χ2n) is 5.84. The number of rotatable bonds is 3. The van der Waals surface area contributed by atoms with Gasteiger partial charge in [-0.15, -0.1) is 0 Å². The first-order valence-corrected chi connectivity index (χ1v) is 9.38. The van der Waals surface area contributed by atoms with Crippen molar-refractivity contribution in [2.45, 2.75) is 11.8 Å². The lowest BCUT2D eigenvalue weighted by Gasteiger charge is -2.08. The van der Waals surface area contributed by atoms with Crippen LogP contribution in [0.25, 0.3) is 10.9 Å². The van der Waals surface area contributed by atoms with Crippen LogP contribution in [-0.4, -0.2) is 25.6 Å². The number of hydrogen-bond donors (Lipinski definition) is 2. The number of fused-ring (bicyclic) bond motifs is 1. The van der Waals surface area contributed by atoms with Crippen LogP contribution in [0.3, 0.4) is 0 Å². The first-order chi connectivity index (χ1) is 11.7. The van der Waals surface area contributed by atoms with Crippen molar-refractivity contribution < 1.29 is 13.2 Å². The average molecular weight is 356 g/mol. The molecular formula is C18H16N2O4S. The van der Waals surface area contributed by atoms with E-state index >= 15 is 0 Å². The van der Waals surface area contributed by atoms with Crippen LogP contribution in [0.4, 0.5) is 5.69 Å². The summed E-state index contributed by atoms with van der Waals surface area (Å²) in [6.07, 6.45) is 1.09. The smallest absolute Gasteiger partial charge is 0.255 e. The average Bonchev–Trinajstić information content (AvgIpc) is 2.55. The highest BCUT2D eigenvalue weighted by molar-refractivity contribution is 7.90. The Morgan fingerprint density at radius 1 is 1.08 bits per heavy atom. The molecule has 7 heteroatoms. The molecule has 0 atom stereocenters. The zero-order valence-electron chi connectivity index (χ0n) is 13.7. The largest absolute Gasteiger partial charge is 0.322 e. The number of benzene rings is 2. The van der Waals surface area contributed by atoms with Crippen molar-refractivity contribution in [3.8, 4) is 0 Å². The summed E-state index contributed by atoms with van der Waals surface area (Å²) in [7, 11) is -3.39. The maximum atomic E-state index is 12.4. The summed E-state index contributed by atoms with van der Waals surface area (Å²) in [5.74, 6) is -0.431. The maximum Gasteiger partial charge on any atom is 0.255 e. The van der Waals surface area contributed by atoms with E-state index in [2.05, 4.69) is 10.3 Å². The number of hydrogen-bond acceptors (Lipinski definition) is 4. The number of pyridine rings is 1. The molecule has 3 aromatic rings. The van der Waals surface area contributed by atoms with Gasteiger partial charge in [0.2, 0.25) is 0 Å². The van der Waals surface area contributed by atoms with E-state index in [0.29, 0.717) is 16.8 Å². The Hall–Kier alpha value is -2.93. The third-order valence-corrected chi connectivity index (χ3v) is 4.92. The van der Waals surface area contributed by atoms with Crippen molar-refractivity contribution in [2.75, 3.05) is 11.6 Å². The fourth-order valence-corrected chi connectivity index (χ4v) is 3.13. The number of anilines is 1. The molecule has 1 heterocycles. The van der Waals surface area contributed by atoms with Crippen LogP contribution in [-0.2, 0) is 9.84 Å². The van der Waals surface area contributed by atoms with Crippen LogP contribution in [0, 0.1) is 6.92 Å². The Labute approximate surface area is 144 Å². The van der Waals surface area contributed by atoms with Gasteiger partial charge in [0.05, 0.1) is 10.4 Å². The van der Waals surface area contributed by atoms with Gasteiger partial charge in [0.25, 0.3) is 11.5 Å². The first kappa shape index (κ1) is 16.9. The van der Waals surface area contributed by atoms with Crippen LogP contribution < -0.4 is 10.9 Å². The van der Waals surface area contributed by atoms with Crippen molar-refractivity contribution in [1.29, 1.82) is 0 Å². The van der Waals surface area contributed by atoms with Crippen molar-refractivity contribution >= 4 is 32.3 Å². The standard InChI is InChI=1S/C18H16N2O4S/c1-11-8-12-6-7-14(10-16(12)20-17(11)21)19-18(22)13-4-3-5-15(9-13)25(2,23)24/h3-10H,1-2H3,(H,19,22)(H,20,21). The highest BCUT2D eigenvalue weighted by Gasteiger charge is 2.12. The number of H-pyrrole nitrogens is 1. The molecule has 0 saturated heterocycles. The normalized spacial score (nSPS) is 11.4. The monoisotopic (exact) mass is 356 g/mol. The van der Waals surface area contributed by atoms with Crippen LogP contribution in [0.2, 0.25) is 0 Å². The zero-order chi connectivity index (χ0) is 18.2. The number of carbonyl (C=O) groups is 1. The van der Waals surface area contributed by atoms with E-state index in [1.54, 1.807) is 31.2 Å². The van der Waals surface area contributed by atoms with Gasteiger partial charge in [-0.05, 0) is 48.7 Å². The Morgan fingerprint density at radius 3 is 2.56 bits per heavy atom. The number of aryl methyl sites for hydroxylation is 1. The van der Waals surface area contributed by atoms with Gasteiger partial charge in [-0.2, -0.15) is 0 Å². The highest BCUT2D eigenvalue weighted by atomic mass is 32.2. The number of aromatic nitrogens is 1. The quantitative estimate of drug-likeness (QED) is 0.753. The number of nitrogens with one attached hydrogen (secondary N) is 2. The molecule has 3 rings (SSSR count). The summed E-state index contributed by atoms with van der Waals surface area (Å²) in [5.41, 5.74) is 1.78. The predicted octanol–water partition coefficient (Wildman–Crippen LogP) is 2.49. The zero-order valence-corrected chi connectivity index (χ0v) is 14.5. The number of aromatic amines is 1. The number of amides is 1. The molecular weight excluding hydrogens is 340 g/mol. The summed E-state index contributed by atoms with van der Waals surface area (Å²) in [6, 6.07) is 12.8. The molecule has 1 amide bonds. The minimum Gasteiger partial charge on any atom is -0.322 e. The molecule has 0 aliphatic rings. The molecule has 2 N–H and O–H groups in total. The van der Waals surface area contributed by atoms with Crippen LogP contribution >= 0.6 is 0 Å². The van der Waals surface area contributed by atoms with Crippen molar-refractivity contribution in [3.63, 3.8) is 0 Å². The maximum absolute atomic E-state index is 12.4. The molecule has 0 unspecified atom stereocenters. The molecule has 0 spiro atoms. The fourth-order valence-electron chi connectivity index (χ4n) is 2.46. The Balaban J connectivity index is 1.92. The van der Waals surface area contributed by atoms with E-state index in [1.807, 2.05) is 0 Å². The molecule has 1 aromatic heterocycles. The van der Waals surface area contributed by atoms with E-state index in [-0.39, 0.29) is 16.0 Å². The lowest BCUT2D eigenvalue weighted by atomic mass is 10.1. The molecule has 128 valence electrons. The lowest BCUT2D eigenvalue weighted by molar-refractivity contribution is 0.102. The van der Waals surface area contributed by atoms with Gasteiger partial charge in [0.1, 0.15) is 0 Å². The van der Waals surface area contributed by atoms with E-state index in [4.69, 9.17) is 0 Å². The van der Waals surface area contributed by atoms with Crippen LogP contribution in [0.1, 0.15) is 15.9 Å². The van der Waals surface area contributed by atoms with Gasteiger partial charge in [-0.3, -0.25) is 9.59 Å². The van der Waals surface area contributed by atoms with E-state index in [9.17, 15) is 18.0 Å². The minimum atomic E-state index is -3.39. The van der Waals surface area contributed by atoms with Gasteiger partial charge >= 0.3 is 0 Å². The van der Waals surface area contributed by atoms with Crippen LogP contribution in [0.5, 0.6) is 0 Å². The molecule has 0 aliphatic carbocycles. The Bertz CT molecular complexity index is 1150. The SMILES string of the molecule is Cc1cc2ccc(NC(=O)c3cccc(S(C)(=O)=O)c3)cc2[nH]c1=O. The Kier molecular flexibility index (Phi) is 4.18. The molecule has 0 fully saturated rings. The molecule has 0 bridgehead atoms. The molecule has 6 nitrogen and oxygen atoms in total. The Morgan fingerprint density at radius 2 is 1.84 bits per heavy atom. The number of sulfone groups is 1. The van der Waals surface area contributed by atoms with Crippen molar-refractivity contribution in [1.82, 2.24) is 4.98 Å². The highest BCUT2D eigenvalue weighted by Crippen LogP contribution is 2.18. The third kappa shape index (κ3) is 3.61. The van der Waals surface area contributed by atoms with Gasteiger partial charge < -0.3 is 10.3 Å². The molecule has 0 radical (unpaired) electrons. The number of carbonyl (C=O) groups excluding carboxylic acids is 1. The predicted molar refractivity (Wildman–Crippen MR) is 96.8 cm³/mol. The van der Waals surface area contributed by atoms with E-state index in [0.717, 1.165) is 11.6 Å². The summed E-state index contributed by atoms with van der Waals surface area (Å²) >= 11 is 0. The summed E-state index contributed by atoms with van der Waals surface area (Å²) < 4.78 is 23.2. The summed E-state index contributed by atoms with van der Waals surface area (Å²) in [6.45, 7) is 1.72. The van der Waals surface area contributed by atoms with Gasteiger partial charge in [-0.25, -0.2) is 8.42 Å². The molecule has 25 heavy (non-hydrogen) atoms. The lowest BCUT2D eigenvalue weighted by Crippen LogP contribution is -2.13. The van der Waals surface area contributed by atoms with Crippen molar-refractivity contribution in [3.05, 3.63) is 70.0 Å². The molecule has 0 saturated carbocycles. The molecule has 0 aliphatic heterocycles. The van der Waals surface area contributed by atoms with E-state index in [1.165, 1.54) is 24.3 Å². The van der Waals surface area contributed by atoms with Gasteiger partial charge in [-0.1, -0.05) is 12.1 Å². The second-order valence-corrected chi connectivity index (χ2v) is 7.85. The van der Waals surface area contributed by atoms with Crippen LogP contribution in [0.15, 0.2) is 58.2 Å². The van der Waals surface area contributed by atoms with E-state index < -0.39 is 15.7 Å². The first-order valence-electron chi connectivity index (χ1n) is 7.49. The fraction of sp³-hybridized carbons (Fsp3) is 0.111.